The number of hydrogen-bond acceptors (Lipinski definition) is 5. The summed E-state index contributed by atoms with van der Waals surface area (Å²) >= 11 is 1.33. The van der Waals surface area contributed by atoms with Gasteiger partial charge in [0, 0.05) is 30.9 Å². The van der Waals surface area contributed by atoms with Gasteiger partial charge < -0.3 is 16.0 Å². The van der Waals surface area contributed by atoms with Crippen molar-refractivity contribution in [2.24, 2.45) is 0 Å². The molecule has 1 fully saturated rings. The van der Waals surface area contributed by atoms with E-state index in [0.29, 0.717) is 23.8 Å². The highest BCUT2D eigenvalue weighted by Gasteiger charge is 2.22. The van der Waals surface area contributed by atoms with Gasteiger partial charge in [-0.3, -0.25) is 9.59 Å². The normalized spacial score (nSPS) is 16.7. The molecular weight excluding hydrogens is 264 g/mol. The van der Waals surface area contributed by atoms with Crippen LogP contribution in [0.1, 0.15) is 25.5 Å². The van der Waals surface area contributed by atoms with Crippen molar-refractivity contribution in [3.63, 3.8) is 0 Å². The quantitative estimate of drug-likeness (QED) is 0.818. The van der Waals surface area contributed by atoms with Crippen LogP contribution in [0.4, 0.5) is 5.13 Å². The lowest BCUT2D eigenvalue weighted by atomic mass is 10.2. The zero-order valence-electron chi connectivity index (χ0n) is 10.9. The Labute approximate surface area is 116 Å². The van der Waals surface area contributed by atoms with E-state index in [1.807, 2.05) is 6.92 Å². The summed E-state index contributed by atoms with van der Waals surface area (Å²) < 4.78 is 0. The highest BCUT2D eigenvalue weighted by molar-refractivity contribution is 7.13. The van der Waals surface area contributed by atoms with Crippen LogP contribution in [0.2, 0.25) is 0 Å². The lowest BCUT2D eigenvalue weighted by Crippen LogP contribution is -2.42. The Morgan fingerprint density at radius 1 is 1.68 bits per heavy atom. The molecule has 2 heterocycles. The summed E-state index contributed by atoms with van der Waals surface area (Å²) in [7, 11) is 0. The summed E-state index contributed by atoms with van der Waals surface area (Å²) in [4.78, 5) is 29.1. The smallest absolute Gasteiger partial charge is 0.226 e. The van der Waals surface area contributed by atoms with E-state index in [4.69, 9.17) is 5.73 Å². The molecule has 1 aliphatic rings. The Hall–Kier alpha value is -1.63. The monoisotopic (exact) mass is 282 g/mol. The molecule has 3 N–H and O–H groups in total. The van der Waals surface area contributed by atoms with Gasteiger partial charge in [-0.2, -0.15) is 0 Å². The average Bonchev–Trinajstić information content (AvgIpc) is 2.89. The first-order valence-electron chi connectivity index (χ1n) is 6.31. The molecule has 6 nitrogen and oxygen atoms in total. The number of carbonyl (C=O) groups excluding carboxylic acids is 2. The number of nitrogens with two attached hydrogens (primary N) is 1. The largest absolute Gasteiger partial charge is 0.375 e. The first kappa shape index (κ1) is 13.8. The van der Waals surface area contributed by atoms with E-state index in [9.17, 15) is 9.59 Å². The Morgan fingerprint density at radius 3 is 3.05 bits per heavy atom. The number of nitrogens with zero attached hydrogens (tertiary/aromatic N) is 2. The molecule has 2 amide bonds. The number of rotatable bonds is 5. The highest BCUT2D eigenvalue weighted by Crippen LogP contribution is 2.12. The Balaban J connectivity index is 1.76. The molecule has 1 saturated heterocycles. The van der Waals surface area contributed by atoms with Gasteiger partial charge in [-0.15, -0.1) is 11.3 Å². The van der Waals surface area contributed by atoms with Crippen LogP contribution in [-0.2, 0) is 16.0 Å². The third-order valence-corrected chi connectivity index (χ3v) is 3.71. The van der Waals surface area contributed by atoms with Crippen LogP contribution >= 0.6 is 11.3 Å². The van der Waals surface area contributed by atoms with Gasteiger partial charge in [-0.25, -0.2) is 4.98 Å². The van der Waals surface area contributed by atoms with Crippen molar-refractivity contribution in [3.8, 4) is 0 Å². The molecule has 0 aromatic carbocycles. The molecule has 0 saturated carbocycles. The topological polar surface area (TPSA) is 88.3 Å². The summed E-state index contributed by atoms with van der Waals surface area (Å²) in [5.41, 5.74) is 6.20. The standard InChI is InChI=1S/C12H18N4O2S/c1-8(6-16-4-2-3-11(16)18)14-10(17)5-9-7-19-12(13)15-9/h7-8H,2-6H2,1H3,(H2,13,15)(H,14,17). The maximum atomic E-state index is 11.8. The van der Waals surface area contributed by atoms with Crippen molar-refractivity contribution >= 4 is 28.3 Å². The fourth-order valence-corrected chi connectivity index (χ4v) is 2.73. The predicted octanol–water partition coefficient (Wildman–Crippen LogP) is 0.395. The molecular formula is C12H18N4O2S. The second-order valence-electron chi connectivity index (χ2n) is 4.77. The summed E-state index contributed by atoms with van der Waals surface area (Å²) in [5.74, 6) is 0.0813. The van der Waals surface area contributed by atoms with E-state index in [1.165, 1.54) is 11.3 Å². The van der Waals surface area contributed by atoms with E-state index in [2.05, 4.69) is 10.3 Å². The molecule has 2 rings (SSSR count). The molecule has 0 spiro atoms. The zero-order chi connectivity index (χ0) is 13.8. The zero-order valence-corrected chi connectivity index (χ0v) is 11.7. The Kier molecular flexibility index (Phi) is 4.36. The maximum absolute atomic E-state index is 11.8. The third kappa shape index (κ3) is 3.92. The molecule has 1 aromatic heterocycles. The SMILES string of the molecule is CC(CN1CCCC1=O)NC(=O)Cc1csc(N)n1. The maximum Gasteiger partial charge on any atom is 0.226 e. The van der Waals surface area contributed by atoms with Gasteiger partial charge >= 0.3 is 0 Å². The van der Waals surface area contributed by atoms with E-state index in [-0.39, 0.29) is 24.3 Å². The number of amides is 2. The summed E-state index contributed by atoms with van der Waals surface area (Å²) in [5, 5.41) is 5.13. The second-order valence-corrected chi connectivity index (χ2v) is 5.66. The average molecular weight is 282 g/mol. The predicted molar refractivity (Wildman–Crippen MR) is 73.6 cm³/mol. The molecule has 1 aliphatic heterocycles. The molecule has 0 aliphatic carbocycles. The second kappa shape index (κ2) is 6.01. The number of aromatic nitrogens is 1. The number of hydrogen-bond donors (Lipinski definition) is 2. The van der Waals surface area contributed by atoms with Crippen LogP contribution < -0.4 is 11.1 Å². The number of nitrogens with one attached hydrogen (secondary N) is 1. The van der Waals surface area contributed by atoms with Gasteiger partial charge in [0.05, 0.1) is 12.1 Å². The van der Waals surface area contributed by atoms with Gasteiger partial charge in [0.15, 0.2) is 5.13 Å². The van der Waals surface area contributed by atoms with Crippen molar-refractivity contribution in [1.82, 2.24) is 15.2 Å². The van der Waals surface area contributed by atoms with Crippen LogP contribution in [0, 0.1) is 0 Å². The summed E-state index contributed by atoms with van der Waals surface area (Å²) in [6, 6.07) is -0.0504. The molecule has 104 valence electrons. The number of thiazole rings is 1. The molecule has 0 bridgehead atoms. The van der Waals surface area contributed by atoms with Crippen LogP contribution in [0.25, 0.3) is 0 Å². The Morgan fingerprint density at radius 2 is 2.47 bits per heavy atom. The van der Waals surface area contributed by atoms with Crippen LogP contribution in [0.3, 0.4) is 0 Å². The van der Waals surface area contributed by atoms with Crippen molar-refractivity contribution in [2.45, 2.75) is 32.2 Å². The summed E-state index contributed by atoms with van der Waals surface area (Å²) in [6.07, 6.45) is 1.77. The van der Waals surface area contributed by atoms with E-state index >= 15 is 0 Å². The minimum absolute atomic E-state index is 0.0504. The molecule has 1 atom stereocenters. The van der Waals surface area contributed by atoms with Crippen molar-refractivity contribution in [1.29, 1.82) is 0 Å². The molecule has 1 aromatic rings. The van der Waals surface area contributed by atoms with Gasteiger partial charge in [0.25, 0.3) is 0 Å². The van der Waals surface area contributed by atoms with Crippen LogP contribution in [0.15, 0.2) is 5.38 Å². The fourth-order valence-electron chi connectivity index (χ4n) is 2.17. The lowest BCUT2D eigenvalue weighted by Gasteiger charge is -2.21. The number of carbonyl (C=O) groups is 2. The minimum Gasteiger partial charge on any atom is -0.375 e. The van der Waals surface area contributed by atoms with Crippen molar-refractivity contribution in [3.05, 3.63) is 11.1 Å². The molecule has 1 unspecified atom stereocenters. The number of likely N-dealkylation sites (tertiary alicyclic amines) is 1. The van der Waals surface area contributed by atoms with Crippen molar-refractivity contribution < 1.29 is 9.59 Å². The molecule has 7 heteroatoms. The third-order valence-electron chi connectivity index (χ3n) is 2.98. The molecule has 19 heavy (non-hydrogen) atoms. The van der Waals surface area contributed by atoms with Gasteiger partial charge in [-0.1, -0.05) is 0 Å². The summed E-state index contributed by atoms with van der Waals surface area (Å²) in [6.45, 7) is 3.27. The van der Waals surface area contributed by atoms with Gasteiger partial charge in [0.2, 0.25) is 11.8 Å². The van der Waals surface area contributed by atoms with Gasteiger partial charge in [0.1, 0.15) is 0 Å². The highest BCUT2D eigenvalue weighted by atomic mass is 32.1. The van der Waals surface area contributed by atoms with E-state index in [1.54, 1.807) is 10.3 Å². The van der Waals surface area contributed by atoms with Crippen LogP contribution in [-0.4, -0.2) is 40.8 Å². The first-order valence-corrected chi connectivity index (χ1v) is 7.19. The van der Waals surface area contributed by atoms with E-state index in [0.717, 1.165) is 13.0 Å². The number of nitrogen functional groups attached to an aromatic ring is 1. The van der Waals surface area contributed by atoms with Gasteiger partial charge in [-0.05, 0) is 13.3 Å². The van der Waals surface area contributed by atoms with E-state index < -0.39 is 0 Å². The minimum atomic E-state index is -0.0931. The first-order chi connectivity index (χ1) is 9.04. The van der Waals surface area contributed by atoms with Crippen LogP contribution in [0.5, 0.6) is 0 Å². The Bertz CT molecular complexity index is 474. The fraction of sp³-hybridized carbons (Fsp3) is 0.583. The number of anilines is 1. The molecule has 0 radical (unpaired) electrons. The lowest BCUT2D eigenvalue weighted by molar-refractivity contribution is -0.129. The van der Waals surface area contributed by atoms with Crippen molar-refractivity contribution in [2.75, 3.05) is 18.8 Å².